The van der Waals surface area contributed by atoms with Gasteiger partial charge in [-0.1, -0.05) is 0 Å². The highest BCUT2D eigenvalue weighted by Gasteiger charge is 2.68. The fourth-order valence-corrected chi connectivity index (χ4v) is 0.610. The van der Waals surface area contributed by atoms with Gasteiger partial charge in [0, 0.05) is 0 Å². The molecular weight excluding hydrogens is 178 g/mol. The van der Waals surface area contributed by atoms with Crippen molar-refractivity contribution in [2.45, 2.75) is 24.6 Å². The van der Waals surface area contributed by atoms with E-state index in [0.29, 0.717) is 0 Å². The quantitative estimate of drug-likeness (QED) is 0.409. The highest BCUT2D eigenvalue weighted by atomic mass is 19.4. The largest absolute Gasteiger partial charge is 0.417 e. The van der Waals surface area contributed by atoms with Crippen molar-refractivity contribution in [3.05, 3.63) is 0 Å². The van der Waals surface area contributed by atoms with E-state index in [4.69, 9.17) is 0 Å². The van der Waals surface area contributed by atoms with Crippen LogP contribution >= 0.6 is 0 Å². The molecule has 0 aromatic rings. The van der Waals surface area contributed by atoms with E-state index in [1.807, 2.05) is 0 Å². The Morgan fingerprint density at radius 1 is 0.727 bits per heavy atom. The van der Waals surface area contributed by atoms with Gasteiger partial charge in [0.25, 0.3) is 0 Å². The maximum atomic E-state index is 11.4. The minimum atomic E-state index is -4.90. The molecule has 0 radical (unpaired) electrons. The van der Waals surface area contributed by atoms with Crippen molar-refractivity contribution in [3.63, 3.8) is 0 Å². The smallest absolute Gasteiger partial charge is 0.350 e. The predicted molar refractivity (Wildman–Crippen MR) is 20.8 cm³/mol. The Bertz CT molecular complexity index is 139. The van der Waals surface area contributed by atoms with Gasteiger partial charge in [0.15, 0.2) is 12.2 Å². The molecule has 1 aliphatic rings. The molecule has 0 N–H and O–H groups in total. The summed E-state index contributed by atoms with van der Waals surface area (Å²) in [4.78, 5) is 0. The number of epoxide rings is 1. The lowest BCUT2D eigenvalue weighted by Gasteiger charge is -2.02. The summed E-state index contributed by atoms with van der Waals surface area (Å²) in [5.41, 5.74) is 0. The Balaban J connectivity index is 2.51. The van der Waals surface area contributed by atoms with Crippen LogP contribution in [-0.2, 0) is 4.74 Å². The summed E-state index contributed by atoms with van der Waals surface area (Å²) in [6, 6.07) is 0. The average molecular weight is 180 g/mol. The topological polar surface area (TPSA) is 12.5 Å². The molecule has 0 bridgehead atoms. The lowest BCUT2D eigenvalue weighted by atomic mass is 10.3. The molecule has 1 fully saturated rings. The maximum Gasteiger partial charge on any atom is 0.417 e. The zero-order chi connectivity index (χ0) is 8.86. The van der Waals surface area contributed by atoms with Crippen LogP contribution in [0.25, 0.3) is 0 Å². The van der Waals surface area contributed by atoms with Gasteiger partial charge in [-0.2, -0.15) is 26.3 Å². The highest BCUT2D eigenvalue weighted by molar-refractivity contribution is 4.95. The summed E-state index contributed by atoms with van der Waals surface area (Å²) in [5, 5.41) is 0. The van der Waals surface area contributed by atoms with E-state index in [1.54, 1.807) is 0 Å². The van der Waals surface area contributed by atoms with Gasteiger partial charge in [0.2, 0.25) is 0 Å². The third-order valence-corrected chi connectivity index (χ3v) is 1.14. The Labute approximate surface area is 56.9 Å². The second-order valence-electron chi connectivity index (χ2n) is 2.06. The number of rotatable bonds is 0. The second kappa shape index (κ2) is 2.02. The molecule has 0 aliphatic carbocycles. The lowest BCUT2D eigenvalue weighted by molar-refractivity contribution is -0.160. The van der Waals surface area contributed by atoms with Gasteiger partial charge in [-0.15, -0.1) is 0 Å². The first-order chi connectivity index (χ1) is 4.73. The molecule has 0 saturated carbocycles. The van der Waals surface area contributed by atoms with E-state index in [0.717, 1.165) is 0 Å². The first kappa shape index (κ1) is 8.63. The molecule has 1 heterocycles. The van der Waals surface area contributed by atoms with Crippen LogP contribution < -0.4 is 0 Å². The molecule has 7 heteroatoms. The van der Waals surface area contributed by atoms with Gasteiger partial charge in [0.1, 0.15) is 0 Å². The fourth-order valence-electron chi connectivity index (χ4n) is 0.610. The van der Waals surface area contributed by atoms with E-state index in [2.05, 4.69) is 4.74 Å². The highest BCUT2D eigenvalue weighted by Crippen LogP contribution is 2.45. The fraction of sp³-hybridized carbons (Fsp3) is 1.00. The number of ether oxygens (including phenoxy) is 1. The molecule has 0 spiro atoms. The third kappa shape index (κ3) is 1.76. The zero-order valence-electron chi connectivity index (χ0n) is 4.83. The molecule has 0 aromatic carbocycles. The Hall–Kier alpha value is -0.460. The molecule has 1 rings (SSSR count). The van der Waals surface area contributed by atoms with Gasteiger partial charge in [0.05, 0.1) is 0 Å². The number of hydrogen-bond acceptors (Lipinski definition) is 1. The first-order valence-corrected chi connectivity index (χ1v) is 2.52. The van der Waals surface area contributed by atoms with Crippen molar-refractivity contribution < 1.29 is 31.1 Å². The van der Waals surface area contributed by atoms with E-state index < -0.39 is 24.6 Å². The van der Waals surface area contributed by atoms with Crippen LogP contribution in [0.15, 0.2) is 0 Å². The van der Waals surface area contributed by atoms with E-state index in [-0.39, 0.29) is 0 Å². The molecule has 1 nitrogen and oxygen atoms in total. The van der Waals surface area contributed by atoms with Crippen molar-refractivity contribution in [2.75, 3.05) is 0 Å². The molecule has 11 heavy (non-hydrogen) atoms. The average Bonchev–Trinajstić information content (AvgIpc) is 2.30. The predicted octanol–water partition coefficient (Wildman–Crippen LogP) is 1.88. The molecule has 0 aromatic heterocycles. The monoisotopic (exact) mass is 180 g/mol. The van der Waals surface area contributed by atoms with Crippen molar-refractivity contribution in [1.82, 2.24) is 0 Å². The van der Waals surface area contributed by atoms with Crippen molar-refractivity contribution in [3.8, 4) is 0 Å². The minimum absolute atomic E-state index is 2.65. The number of hydrogen-bond donors (Lipinski definition) is 0. The van der Waals surface area contributed by atoms with Crippen LogP contribution in [0.1, 0.15) is 0 Å². The summed E-state index contributed by atoms with van der Waals surface area (Å²) in [6.07, 6.45) is -15.1. The molecule has 0 amide bonds. The van der Waals surface area contributed by atoms with Gasteiger partial charge >= 0.3 is 12.4 Å². The van der Waals surface area contributed by atoms with E-state index >= 15 is 0 Å². The van der Waals surface area contributed by atoms with Crippen LogP contribution in [0.4, 0.5) is 26.3 Å². The summed E-state index contributed by atoms with van der Waals surface area (Å²) >= 11 is 0. The van der Waals surface area contributed by atoms with Crippen LogP contribution in [-0.4, -0.2) is 24.6 Å². The molecule has 1 aliphatic heterocycles. The van der Waals surface area contributed by atoms with Crippen LogP contribution in [0.2, 0.25) is 0 Å². The third-order valence-electron chi connectivity index (χ3n) is 1.14. The standard InChI is InChI=1S/C4H2F6O/c5-3(6,7)1-2(11-1)4(8,9)10/h1-2H/t1-,2-/m0/s1. The molecular formula is C4H2F6O. The summed E-state index contributed by atoms with van der Waals surface area (Å²) in [7, 11) is 0. The number of alkyl halides is 6. The summed E-state index contributed by atoms with van der Waals surface area (Å²) < 4.78 is 71.8. The summed E-state index contributed by atoms with van der Waals surface area (Å²) in [5.74, 6) is 0. The lowest BCUT2D eigenvalue weighted by Crippen LogP contribution is -2.26. The maximum absolute atomic E-state index is 11.4. The van der Waals surface area contributed by atoms with Gasteiger partial charge in [-0.3, -0.25) is 0 Å². The first-order valence-electron chi connectivity index (χ1n) is 2.52. The van der Waals surface area contributed by atoms with Crippen LogP contribution in [0.3, 0.4) is 0 Å². The number of halogens is 6. The van der Waals surface area contributed by atoms with Crippen molar-refractivity contribution in [1.29, 1.82) is 0 Å². The zero-order valence-corrected chi connectivity index (χ0v) is 4.83. The minimum Gasteiger partial charge on any atom is -0.350 e. The summed E-state index contributed by atoms with van der Waals surface area (Å²) in [6.45, 7) is 0. The van der Waals surface area contributed by atoms with Gasteiger partial charge < -0.3 is 4.74 Å². The molecule has 2 atom stereocenters. The van der Waals surface area contributed by atoms with E-state index in [9.17, 15) is 26.3 Å². The van der Waals surface area contributed by atoms with Gasteiger partial charge in [-0.05, 0) is 0 Å². The Kier molecular flexibility index (Phi) is 1.59. The SMILES string of the molecule is FC(F)(F)[C@H]1O[C@@H]1C(F)(F)F. The molecule has 66 valence electrons. The van der Waals surface area contributed by atoms with E-state index in [1.165, 1.54) is 0 Å². The normalized spacial score (nSPS) is 32.2. The van der Waals surface area contributed by atoms with Crippen LogP contribution in [0.5, 0.6) is 0 Å². The Morgan fingerprint density at radius 3 is 1.09 bits per heavy atom. The van der Waals surface area contributed by atoms with Gasteiger partial charge in [-0.25, -0.2) is 0 Å². The van der Waals surface area contributed by atoms with Crippen LogP contribution in [0, 0.1) is 0 Å². The van der Waals surface area contributed by atoms with Crippen molar-refractivity contribution in [2.24, 2.45) is 0 Å². The molecule has 1 saturated heterocycles. The second-order valence-corrected chi connectivity index (χ2v) is 2.06. The van der Waals surface area contributed by atoms with Crippen molar-refractivity contribution >= 4 is 0 Å². The molecule has 0 unspecified atom stereocenters. The Morgan fingerprint density at radius 2 is 1.00 bits per heavy atom.